The Morgan fingerprint density at radius 3 is 2.85 bits per heavy atom. The van der Waals surface area contributed by atoms with Gasteiger partial charge in [-0.05, 0) is 61.3 Å². The van der Waals surface area contributed by atoms with Crippen molar-refractivity contribution in [2.75, 3.05) is 38.6 Å². The highest BCUT2D eigenvalue weighted by Crippen LogP contribution is 2.30. The van der Waals surface area contributed by atoms with Crippen LogP contribution in [0.2, 0.25) is 0 Å². The van der Waals surface area contributed by atoms with Crippen molar-refractivity contribution >= 4 is 23.1 Å². The van der Waals surface area contributed by atoms with Crippen LogP contribution in [0.3, 0.4) is 0 Å². The number of carbonyl (C=O) groups is 1. The van der Waals surface area contributed by atoms with E-state index in [9.17, 15) is 9.18 Å². The molecule has 1 aliphatic heterocycles. The van der Waals surface area contributed by atoms with Gasteiger partial charge in [-0.1, -0.05) is 12.1 Å². The number of aryl methyl sites for hydroxylation is 1. The van der Waals surface area contributed by atoms with Crippen molar-refractivity contribution in [3.8, 4) is 5.75 Å². The van der Waals surface area contributed by atoms with Gasteiger partial charge in [-0.25, -0.2) is 9.37 Å². The van der Waals surface area contributed by atoms with Crippen LogP contribution in [0.5, 0.6) is 5.75 Å². The summed E-state index contributed by atoms with van der Waals surface area (Å²) in [4.78, 5) is 22.1. The van der Waals surface area contributed by atoms with E-state index < -0.39 is 5.82 Å². The minimum Gasteiger partial charge on any atom is -0.485 e. The molecule has 1 aromatic carbocycles. The molecular formula is C25H29FN4O2S. The van der Waals surface area contributed by atoms with Gasteiger partial charge in [0.2, 0.25) is 0 Å². The fourth-order valence-corrected chi connectivity index (χ4v) is 4.78. The molecule has 1 atom stereocenters. The van der Waals surface area contributed by atoms with Crippen molar-refractivity contribution in [3.05, 3.63) is 75.4 Å². The highest BCUT2D eigenvalue weighted by atomic mass is 32.1. The number of nitrogens with one attached hydrogen (secondary N) is 1. The lowest BCUT2D eigenvalue weighted by atomic mass is 10.1. The van der Waals surface area contributed by atoms with Gasteiger partial charge in [0.25, 0.3) is 5.91 Å². The number of amides is 1. The number of halogens is 1. The average Bonchev–Trinajstić information content (AvgIpc) is 3.31. The van der Waals surface area contributed by atoms with Crippen molar-refractivity contribution in [2.45, 2.75) is 26.0 Å². The van der Waals surface area contributed by atoms with Gasteiger partial charge in [-0.2, -0.15) is 0 Å². The molecular weight excluding hydrogens is 439 g/mol. The summed E-state index contributed by atoms with van der Waals surface area (Å²) in [5.41, 5.74) is 2.39. The molecule has 0 unspecified atom stereocenters. The molecule has 0 spiro atoms. The number of rotatable bonds is 8. The topological polar surface area (TPSA) is 57.7 Å². The molecule has 33 heavy (non-hydrogen) atoms. The maximum absolute atomic E-state index is 13.8. The number of fused-ring (bicyclic) bond motifs is 1. The second kappa shape index (κ2) is 10.3. The number of hydrogen-bond acceptors (Lipinski definition) is 6. The fourth-order valence-electron chi connectivity index (χ4n) is 3.99. The van der Waals surface area contributed by atoms with Gasteiger partial charge in [0.1, 0.15) is 23.5 Å². The first-order valence-corrected chi connectivity index (χ1v) is 11.9. The smallest absolute Gasteiger partial charge is 0.258 e. The Labute approximate surface area is 198 Å². The van der Waals surface area contributed by atoms with Crippen molar-refractivity contribution < 1.29 is 13.9 Å². The van der Waals surface area contributed by atoms with E-state index in [0.29, 0.717) is 31.0 Å². The van der Waals surface area contributed by atoms with E-state index in [2.05, 4.69) is 21.7 Å². The quantitative estimate of drug-likeness (QED) is 0.531. The summed E-state index contributed by atoms with van der Waals surface area (Å²) in [7, 11) is 3.81. The van der Waals surface area contributed by atoms with Crippen molar-refractivity contribution in [1.82, 2.24) is 15.2 Å². The molecule has 0 aliphatic carbocycles. The zero-order valence-electron chi connectivity index (χ0n) is 19.2. The van der Waals surface area contributed by atoms with Crippen molar-refractivity contribution in [1.29, 1.82) is 0 Å². The van der Waals surface area contributed by atoms with E-state index in [1.165, 1.54) is 10.9 Å². The molecule has 3 aromatic rings. The van der Waals surface area contributed by atoms with Crippen LogP contribution < -0.4 is 15.0 Å². The number of aromatic nitrogens is 1. The Balaban J connectivity index is 1.51. The summed E-state index contributed by atoms with van der Waals surface area (Å²) in [6.45, 7) is 4.51. The molecule has 1 N–H and O–H groups in total. The van der Waals surface area contributed by atoms with E-state index in [-0.39, 0.29) is 12.0 Å². The summed E-state index contributed by atoms with van der Waals surface area (Å²) >= 11 is 1.70. The summed E-state index contributed by atoms with van der Waals surface area (Å²) in [5, 5.41) is 5.25. The zero-order valence-corrected chi connectivity index (χ0v) is 20.0. The van der Waals surface area contributed by atoms with Gasteiger partial charge in [0.15, 0.2) is 0 Å². The highest BCUT2D eigenvalue weighted by Gasteiger charge is 2.27. The molecule has 1 aliphatic rings. The van der Waals surface area contributed by atoms with Crippen LogP contribution in [-0.2, 0) is 6.54 Å². The number of thiophene rings is 1. The largest absolute Gasteiger partial charge is 0.485 e. The van der Waals surface area contributed by atoms with E-state index in [4.69, 9.17) is 4.74 Å². The second-order valence-corrected chi connectivity index (χ2v) is 9.25. The number of carbonyl (C=O) groups excluding carboxylic acids is 1. The lowest BCUT2D eigenvalue weighted by Crippen LogP contribution is -2.33. The van der Waals surface area contributed by atoms with Gasteiger partial charge in [0, 0.05) is 38.0 Å². The van der Waals surface area contributed by atoms with E-state index in [1.54, 1.807) is 16.2 Å². The third-order valence-corrected chi connectivity index (χ3v) is 6.85. The molecule has 8 heteroatoms. The van der Waals surface area contributed by atoms with Crippen LogP contribution in [0.1, 0.15) is 38.9 Å². The van der Waals surface area contributed by atoms with E-state index >= 15 is 0 Å². The van der Waals surface area contributed by atoms with E-state index in [0.717, 1.165) is 36.0 Å². The van der Waals surface area contributed by atoms with Gasteiger partial charge in [-0.3, -0.25) is 4.79 Å². The predicted octanol–water partition coefficient (Wildman–Crippen LogP) is 4.41. The first-order valence-electron chi connectivity index (χ1n) is 11.1. The lowest BCUT2D eigenvalue weighted by molar-refractivity contribution is 0.0754. The highest BCUT2D eigenvalue weighted by molar-refractivity contribution is 7.10. The van der Waals surface area contributed by atoms with E-state index in [1.807, 2.05) is 50.2 Å². The predicted molar refractivity (Wildman–Crippen MR) is 130 cm³/mol. The minimum atomic E-state index is -0.506. The average molecular weight is 469 g/mol. The monoisotopic (exact) mass is 468 g/mol. The number of hydrogen-bond donors (Lipinski definition) is 1. The molecule has 174 valence electrons. The Hall–Kier alpha value is -2.97. The number of likely N-dealkylation sites (N-methyl/N-ethyl adjacent to an activating group) is 1. The van der Waals surface area contributed by atoms with Gasteiger partial charge in [-0.15, -0.1) is 11.3 Å². The molecule has 6 nitrogen and oxygen atoms in total. The van der Waals surface area contributed by atoms with Gasteiger partial charge in [0.05, 0.1) is 11.8 Å². The van der Waals surface area contributed by atoms with Crippen LogP contribution in [-0.4, -0.2) is 49.5 Å². The molecule has 2 aromatic heterocycles. The maximum atomic E-state index is 13.8. The van der Waals surface area contributed by atoms with Crippen LogP contribution in [0.15, 0.2) is 48.0 Å². The summed E-state index contributed by atoms with van der Waals surface area (Å²) in [5.74, 6) is 0.620. The minimum absolute atomic E-state index is 0.00989. The molecule has 0 radical (unpaired) electrons. The summed E-state index contributed by atoms with van der Waals surface area (Å²) in [6.07, 6.45) is 2.02. The normalized spacial score (nSPS) is 14.7. The molecule has 0 fully saturated rings. The van der Waals surface area contributed by atoms with Crippen LogP contribution in [0.25, 0.3) is 0 Å². The molecule has 4 rings (SSSR count). The Kier molecular flexibility index (Phi) is 7.25. The first-order chi connectivity index (χ1) is 16.0. The Morgan fingerprint density at radius 2 is 2.12 bits per heavy atom. The Morgan fingerprint density at radius 1 is 1.27 bits per heavy atom. The van der Waals surface area contributed by atoms with Crippen LogP contribution in [0, 0.1) is 12.7 Å². The maximum Gasteiger partial charge on any atom is 0.258 e. The first kappa shape index (κ1) is 23.2. The lowest BCUT2D eigenvalue weighted by Gasteiger charge is -2.23. The van der Waals surface area contributed by atoms with Crippen molar-refractivity contribution in [3.63, 3.8) is 0 Å². The molecule has 1 amide bonds. The summed E-state index contributed by atoms with van der Waals surface area (Å²) in [6, 6.07) is 11.4. The summed E-state index contributed by atoms with van der Waals surface area (Å²) < 4.78 is 20.1. The number of anilines is 1. The van der Waals surface area contributed by atoms with Crippen molar-refractivity contribution in [2.24, 2.45) is 0 Å². The molecule has 0 saturated heterocycles. The fraction of sp³-hybridized carbons (Fsp3) is 0.360. The number of nitrogens with zero attached hydrogens (tertiary/aromatic N) is 3. The molecule has 3 heterocycles. The third kappa shape index (κ3) is 5.34. The van der Waals surface area contributed by atoms with Crippen LogP contribution >= 0.6 is 11.3 Å². The standard InChI is InChI=1S/C25H29FN4O2S/c1-17-13-20(32-22(8-9-27-2)23-5-4-12-33-23)7-6-18(17)16-30-11-10-29(3)24-21(25(30)31)14-19(26)15-28-24/h4-7,12-15,22,27H,8-11,16H2,1-3H3/t22-/m0/s1. The molecule has 0 bridgehead atoms. The van der Waals surface area contributed by atoms with Crippen LogP contribution in [0.4, 0.5) is 10.2 Å². The third-order valence-electron chi connectivity index (χ3n) is 5.89. The number of benzene rings is 1. The zero-order chi connectivity index (χ0) is 23.4. The number of ether oxygens (including phenoxy) is 1. The SMILES string of the molecule is CNCC[C@H](Oc1ccc(CN2CCN(C)c3ncc(F)cc3C2=O)c(C)c1)c1cccs1. The second-order valence-electron chi connectivity index (χ2n) is 8.28. The molecule has 0 saturated carbocycles. The number of pyridine rings is 1. The van der Waals surface area contributed by atoms with Gasteiger partial charge < -0.3 is 19.9 Å². The Bertz CT molecular complexity index is 1110. The van der Waals surface area contributed by atoms with Gasteiger partial charge >= 0.3 is 0 Å².